The third-order valence-electron chi connectivity index (χ3n) is 7.15. The molecule has 1 fully saturated rings. The average molecular weight is 361 g/mol. The summed E-state index contributed by atoms with van der Waals surface area (Å²) in [7, 11) is 0. The minimum absolute atomic E-state index is 0.201. The molecule has 0 saturated heterocycles. The van der Waals surface area contributed by atoms with Crippen LogP contribution in [-0.2, 0) is 5.41 Å². The third-order valence-corrected chi connectivity index (χ3v) is 7.15. The van der Waals surface area contributed by atoms with E-state index >= 15 is 0 Å². The molecule has 1 saturated carbocycles. The molecular weight excluding hydrogens is 328 g/mol. The van der Waals surface area contributed by atoms with E-state index in [1.54, 1.807) is 12.1 Å². The van der Waals surface area contributed by atoms with Gasteiger partial charge >= 0.3 is 0 Å². The molecule has 1 heteroatoms. The van der Waals surface area contributed by atoms with Gasteiger partial charge in [-0.05, 0) is 81.5 Å². The molecule has 0 aliphatic heterocycles. The molecule has 0 unspecified atom stereocenters. The van der Waals surface area contributed by atoms with E-state index in [1.807, 2.05) is 12.1 Å². The van der Waals surface area contributed by atoms with Crippen molar-refractivity contribution < 1.29 is 5.11 Å². The number of allylic oxidation sites excluding steroid dienone is 1. The second-order valence-corrected chi connectivity index (χ2v) is 9.82. The highest BCUT2D eigenvalue weighted by molar-refractivity contribution is 5.75. The molecule has 2 aromatic rings. The molecule has 1 N–H and O–H groups in total. The Labute approximate surface area is 164 Å². The SMILES string of the molecule is CC(C)c1cc2c(cc1-c1ccc(O)cc1)[C@@]1(C)CCCC(C)(C)[C@H]1C=C2. The van der Waals surface area contributed by atoms with E-state index in [-0.39, 0.29) is 5.41 Å². The van der Waals surface area contributed by atoms with Crippen LogP contribution in [0, 0.1) is 11.3 Å². The van der Waals surface area contributed by atoms with Crippen molar-refractivity contribution in [2.24, 2.45) is 11.3 Å². The van der Waals surface area contributed by atoms with Crippen LogP contribution in [0.5, 0.6) is 5.75 Å². The average Bonchev–Trinajstić information content (AvgIpc) is 2.61. The van der Waals surface area contributed by atoms with Crippen molar-refractivity contribution in [2.75, 3.05) is 0 Å². The van der Waals surface area contributed by atoms with Crippen LogP contribution in [0.15, 0.2) is 42.5 Å². The number of fused-ring (bicyclic) bond motifs is 3. The van der Waals surface area contributed by atoms with Crippen molar-refractivity contribution in [2.45, 2.75) is 65.2 Å². The second-order valence-electron chi connectivity index (χ2n) is 9.82. The van der Waals surface area contributed by atoms with Gasteiger partial charge in [0.25, 0.3) is 0 Å². The van der Waals surface area contributed by atoms with E-state index < -0.39 is 0 Å². The Morgan fingerprint density at radius 1 is 1.00 bits per heavy atom. The number of hydrogen-bond donors (Lipinski definition) is 1. The normalized spacial score (nSPS) is 25.9. The van der Waals surface area contributed by atoms with Crippen molar-refractivity contribution in [3.05, 3.63) is 59.2 Å². The number of rotatable bonds is 2. The fraction of sp³-hybridized carbons (Fsp3) is 0.462. The molecule has 2 aromatic carbocycles. The van der Waals surface area contributed by atoms with Gasteiger partial charge in [0.05, 0.1) is 0 Å². The second kappa shape index (κ2) is 6.26. The van der Waals surface area contributed by atoms with Gasteiger partial charge in [-0.15, -0.1) is 0 Å². The first-order valence-corrected chi connectivity index (χ1v) is 10.4. The van der Waals surface area contributed by atoms with Gasteiger partial charge in [0.1, 0.15) is 5.75 Å². The highest BCUT2D eigenvalue weighted by Crippen LogP contribution is 2.56. The summed E-state index contributed by atoms with van der Waals surface area (Å²) in [4.78, 5) is 0. The van der Waals surface area contributed by atoms with Crippen molar-refractivity contribution >= 4 is 6.08 Å². The lowest BCUT2D eigenvalue weighted by Gasteiger charge is -2.52. The smallest absolute Gasteiger partial charge is 0.115 e. The fourth-order valence-electron chi connectivity index (χ4n) is 5.69. The van der Waals surface area contributed by atoms with E-state index in [1.165, 1.54) is 47.1 Å². The Bertz CT molecular complexity index is 885. The largest absolute Gasteiger partial charge is 0.508 e. The number of phenolic OH excluding ortho intramolecular Hbond substituents is 1. The number of phenols is 1. The van der Waals surface area contributed by atoms with Gasteiger partial charge < -0.3 is 5.11 Å². The summed E-state index contributed by atoms with van der Waals surface area (Å²) in [6.07, 6.45) is 8.73. The molecule has 2 aliphatic rings. The molecule has 4 rings (SSSR count). The summed E-state index contributed by atoms with van der Waals surface area (Å²) in [6.45, 7) is 11.9. The molecule has 0 aromatic heterocycles. The monoisotopic (exact) mass is 360 g/mol. The summed E-state index contributed by atoms with van der Waals surface area (Å²) in [5, 5.41) is 9.72. The highest BCUT2D eigenvalue weighted by atomic mass is 16.3. The summed E-state index contributed by atoms with van der Waals surface area (Å²) in [6, 6.07) is 12.6. The minimum Gasteiger partial charge on any atom is -0.508 e. The zero-order valence-electron chi connectivity index (χ0n) is 17.3. The molecule has 0 heterocycles. The zero-order chi connectivity index (χ0) is 19.4. The molecule has 0 bridgehead atoms. The van der Waals surface area contributed by atoms with Crippen LogP contribution >= 0.6 is 0 Å². The van der Waals surface area contributed by atoms with Gasteiger partial charge in [0.2, 0.25) is 0 Å². The van der Waals surface area contributed by atoms with Crippen LogP contribution in [0.4, 0.5) is 0 Å². The van der Waals surface area contributed by atoms with Gasteiger partial charge in [-0.2, -0.15) is 0 Å². The van der Waals surface area contributed by atoms with Gasteiger partial charge in [-0.3, -0.25) is 0 Å². The Kier molecular flexibility index (Phi) is 4.25. The van der Waals surface area contributed by atoms with Crippen LogP contribution in [0.3, 0.4) is 0 Å². The van der Waals surface area contributed by atoms with E-state index in [0.717, 1.165) is 0 Å². The number of hydrogen-bond acceptors (Lipinski definition) is 1. The zero-order valence-corrected chi connectivity index (χ0v) is 17.3. The van der Waals surface area contributed by atoms with Crippen LogP contribution < -0.4 is 0 Å². The summed E-state index contributed by atoms with van der Waals surface area (Å²) in [5.41, 5.74) is 7.37. The van der Waals surface area contributed by atoms with Crippen LogP contribution in [-0.4, -0.2) is 5.11 Å². The molecule has 0 radical (unpaired) electrons. The number of benzene rings is 2. The molecule has 0 amide bonds. The van der Waals surface area contributed by atoms with E-state index in [4.69, 9.17) is 0 Å². The summed E-state index contributed by atoms with van der Waals surface area (Å²) < 4.78 is 0. The topological polar surface area (TPSA) is 20.2 Å². The van der Waals surface area contributed by atoms with Crippen molar-refractivity contribution in [3.8, 4) is 16.9 Å². The van der Waals surface area contributed by atoms with Gasteiger partial charge in [-0.1, -0.05) is 71.4 Å². The Balaban J connectivity index is 1.93. The quantitative estimate of drug-likeness (QED) is 0.596. The minimum atomic E-state index is 0.201. The first-order chi connectivity index (χ1) is 12.7. The molecule has 1 nitrogen and oxygen atoms in total. The van der Waals surface area contributed by atoms with Gasteiger partial charge in [-0.25, -0.2) is 0 Å². The van der Waals surface area contributed by atoms with E-state index in [9.17, 15) is 5.11 Å². The maximum atomic E-state index is 9.72. The summed E-state index contributed by atoms with van der Waals surface area (Å²) >= 11 is 0. The van der Waals surface area contributed by atoms with Crippen LogP contribution in [0.25, 0.3) is 17.2 Å². The summed E-state index contributed by atoms with van der Waals surface area (Å²) in [5.74, 6) is 1.37. The highest BCUT2D eigenvalue weighted by Gasteiger charge is 2.48. The molecule has 27 heavy (non-hydrogen) atoms. The molecule has 142 valence electrons. The van der Waals surface area contributed by atoms with Crippen LogP contribution in [0.2, 0.25) is 0 Å². The molecule has 2 atom stereocenters. The predicted octanol–water partition coefficient (Wildman–Crippen LogP) is 7.29. The molecule has 0 spiro atoms. The predicted molar refractivity (Wildman–Crippen MR) is 115 cm³/mol. The maximum Gasteiger partial charge on any atom is 0.115 e. The van der Waals surface area contributed by atoms with Gasteiger partial charge in [0, 0.05) is 0 Å². The lowest BCUT2D eigenvalue weighted by atomic mass is 9.52. The van der Waals surface area contributed by atoms with E-state index in [2.05, 4.69) is 58.9 Å². The molecular formula is C26H32O. The van der Waals surface area contributed by atoms with Crippen molar-refractivity contribution in [1.82, 2.24) is 0 Å². The third kappa shape index (κ3) is 2.92. The lowest BCUT2D eigenvalue weighted by Crippen LogP contribution is -2.45. The fourth-order valence-corrected chi connectivity index (χ4v) is 5.69. The first kappa shape index (κ1) is 18.3. The Morgan fingerprint density at radius 3 is 2.37 bits per heavy atom. The maximum absolute atomic E-state index is 9.72. The van der Waals surface area contributed by atoms with E-state index in [0.29, 0.717) is 23.0 Å². The molecule has 2 aliphatic carbocycles. The van der Waals surface area contributed by atoms with Crippen molar-refractivity contribution in [3.63, 3.8) is 0 Å². The number of aromatic hydroxyl groups is 1. The standard InChI is InChI=1S/C26H32O/c1-17(2)21-15-19-9-12-24-25(3,4)13-6-14-26(24,5)23(19)16-22(21)18-7-10-20(27)11-8-18/h7-12,15-17,24,27H,6,13-14H2,1-5H3/t24-,26-/m1/s1. The van der Waals surface area contributed by atoms with Crippen molar-refractivity contribution in [1.29, 1.82) is 0 Å². The van der Waals surface area contributed by atoms with Crippen LogP contribution in [0.1, 0.15) is 76.5 Å². The lowest BCUT2D eigenvalue weighted by molar-refractivity contribution is 0.0910. The van der Waals surface area contributed by atoms with Gasteiger partial charge in [0.15, 0.2) is 0 Å². The Hall–Kier alpha value is -2.02. The first-order valence-electron chi connectivity index (χ1n) is 10.4. The Morgan fingerprint density at radius 2 is 1.70 bits per heavy atom.